The van der Waals surface area contributed by atoms with Gasteiger partial charge < -0.3 is 4.74 Å². The highest BCUT2D eigenvalue weighted by atomic mass is 19.1. The van der Waals surface area contributed by atoms with Crippen LogP contribution in [-0.2, 0) is 4.79 Å². The molecule has 0 aliphatic heterocycles. The molecule has 0 bridgehead atoms. The topological polar surface area (TPSA) is 64.3 Å². The summed E-state index contributed by atoms with van der Waals surface area (Å²) in [4.78, 5) is 10.7. The minimum atomic E-state index is -0.508. The zero-order chi connectivity index (χ0) is 10.6. The van der Waals surface area contributed by atoms with E-state index in [9.17, 15) is 9.18 Å². The van der Waals surface area contributed by atoms with Crippen molar-refractivity contribution in [3.63, 3.8) is 0 Å². The highest BCUT2D eigenvalue weighted by molar-refractivity contribution is 5.76. The van der Waals surface area contributed by atoms with Crippen LogP contribution in [0.2, 0.25) is 0 Å². The lowest BCUT2D eigenvalue weighted by Crippen LogP contribution is -2.34. The zero-order valence-electron chi connectivity index (χ0n) is 7.71. The maximum atomic E-state index is 13.3. The number of carbonyl (C=O) groups is 1. The molecule has 76 valence electrons. The monoisotopic (exact) mass is 198 g/mol. The first-order chi connectivity index (χ1) is 6.65. The van der Waals surface area contributed by atoms with Gasteiger partial charge in [-0.1, -0.05) is 12.1 Å². The van der Waals surface area contributed by atoms with Crippen molar-refractivity contribution in [2.75, 3.05) is 6.61 Å². The second-order valence-electron chi connectivity index (χ2n) is 2.74. The second kappa shape index (κ2) is 4.57. The van der Waals surface area contributed by atoms with E-state index < -0.39 is 11.7 Å². The molecular weight excluding hydrogens is 187 g/mol. The van der Waals surface area contributed by atoms with Crippen LogP contribution in [0.3, 0.4) is 0 Å². The molecule has 0 aliphatic carbocycles. The summed E-state index contributed by atoms with van der Waals surface area (Å²) in [5, 5.41) is 0. The second-order valence-corrected chi connectivity index (χ2v) is 2.74. The maximum absolute atomic E-state index is 13.3. The smallest absolute Gasteiger partial charge is 0.271 e. The fourth-order valence-corrected chi connectivity index (χ4v) is 0.917. The van der Waals surface area contributed by atoms with E-state index in [0.29, 0.717) is 5.56 Å². The number of benzene rings is 1. The molecule has 3 N–H and O–H groups in total. The van der Waals surface area contributed by atoms with Crippen molar-refractivity contribution in [2.24, 2.45) is 5.84 Å². The number of carbonyl (C=O) groups excluding carboxylic acids is 1. The number of hydrogen-bond donors (Lipinski definition) is 2. The third-order valence-electron chi connectivity index (χ3n) is 1.68. The summed E-state index contributed by atoms with van der Waals surface area (Å²) in [5.74, 6) is 3.91. The Morgan fingerprint density at radius 1 is 1.64 bits per heavy atom. The Labute approximate surface area is 80.8 Å². The van der Waals surface area contributed by atoms with E-state index in [2.05, 4.69) is 0 Å². The van der Waals surface area contributed by atoms with Gasteiger partial charge in [-0.15, -0.1) is 0 Å². The van der Waals surface area contributed by atoms with Crippen LogP contribution in [0.1, 0.15) is 5.56 Å². The molecule has 0 saturated carbocycles. The Morgan fingerprint density at radius 2 is 2.36 bits per heavy atom. The standard InChI is InChI=1S/C9H11FN2O2/c1-6-3-2-4-7(9(6)10)14-5-8(13)12-11/h2-4H,5,11H2,1H3,(H,12,13). The maximum Gasteiger partial charge on any atom is 0.271 e. The van der Waals surface area contributed by atoms with Gasteiger partial charge in [0.15, 0.2) is 18.2 Å². The quantitative estimate of drug-likeness (QED) is 0.422. The van der Waals surface area contributed by atoms with Gasteiger partial charge in [-0.3, -0.25) is 10.2 Å². The summed E-state index contributed by atoms with van der Waals surface area (Å²) in [6.45, 7) is 1.32. The SMILES string of the molecule is Cc1cccc(OCC(=O)NN)c1F. The average Bonchev–Trinajstić information content (AvgIpc) is 2.20. The molecule has 4 nitrogen and oxygen atoms in total. The van der Waals surface area contributed by atoms with Crippen molar-refractivity contribution in [3.05, 3.63) is 29.6 Å². The molecule has 0 fully saturated rings. The van der Waals surface area contributed by atoms with Crippen LogP contribution >= 0.6 is 0 Å². The van der Waals surface area contributed by atoms with Crippen LogP contribution in [0.15, 0.2) is 18.2 Å². The van der Waals surface area contributed by atoms with Crippen molar-refractivity contribution in [3.8, 4) is 5.75 Å². The molecule has 5 heteroatoms. The molecular formula is C9H11FN2O2. The molecule has 0 radical (unpaired) electrons. The van der Waals surface area contributed by atoms with Crippen LogP contribution in [-0.4, -0.2) is 12.5 Å². The van der Waals surface area contributed by atoms with E-state index in [0.717, 1.165) is 0 Å². The van der Waals surface area contributed by atoms with Crippen molar-refractivity contribution >= 4 is 5.91 Å². The van der Waals surface area contributed by atoms with Crippen LogP contribution in [0.25, 0.3) is 0 Å². The Balaban J connectivity index is 2.68. The van der Waals surface area contributed by atoms with E-state index in [-0.39, 0.29) is 12.4 Å². The minimum absolute atomic E-state index is 0.0496. The average molecular weight is 198 g/mol. The largest absolute Gasteiger partial charge is 0.481 e. The van der Waals surface area contributed by atoms with Crippen molar-refractivity contribution < 1.29 is 13.9 Å². The number of rotatable bonds is 3. The molecule has 0 saturated heterocycles. The van der Waals surface area contributed by atoms with Crippen molar-refractivity contribution in [1.29, 1.82) is 0 Å². The summed E-state index contributed by atoms with van der Waals surface area (Å²) >= 11 is 0. The number of nitrogens with one attached hydrogen (secondary N) is 1. The molecule has 0 aliphatic rings. The highest BCUT2D eigenvalue weighted by Gasteiger charge is 2.07. The van der Waals surface area contributed by atoms with Crippen LogP contribution in [0.5, 0.6) is 5.75 Å². The fourth-order valence-electron chi connectivity index (χ4n) is 0.917. The Hall–Kier alpha value is -1.62. The Kier molecular flexibility index (Phi) is 3.41. The van der Waals surface area contributed by atoms with Gasteiger partial charge >= 0.3 is 0 Å². The minimum Gasteiger partial charge on any atom is -0.481 e. The number of ether oxygens (including phenoxy) is 1. The lowest BCUT2D eigenvalue weighted by molar-refractivity contribution is -0.123. The molecule has 1 amide bonds. The summed E-state index contributed by atoms with van der Waals surface area (Å²) in [6, 6.07) is 4.71. The van der Waals surface area contributed by atoms with Gasteiger partial charge in [0.25, 0.3) is 5.91 Å². The molecule has 0 atom stereocenters. The number of hydrogen-bond acceptors (Lipinski definition) is 3. The zero-order valence-corrected chi connectivity index (χ0v) is 7.71. The molecule has 0 aromatic heterocycles. The third kappa shape index (κ3) is 2.43. The van der Waals surface area contributed by atoms with Gasteiger partial charge in [-0.2, -0.15) is 0 Å². The summed E-state index contributed by atoms with van der Waals surface area (Å²) in [6.07, 6.45) is 0. The Bertz CT molecular complexity index is 342. The van der Waals surface area contributed by atoms with Gasteiger partial charge in [0.1, 0.15) is 0 Å². The highest BCUT2D eigenvalue weighted by Crippen LogP contribution is 2.19. The number of halogens is 1. The van der Waals surface area contributed by atoms with Crippen LogP contribution < -0.4 is 16.0 Å². The molecule has 0 spiro atoms. The predicted octanol–water partition coefficient (Wildman–Crippen LogP) is 0.503. The molecule has 1 rings (SSSR count). The number of hydrazine groups is 1. The van der Waals surface area contributed by atoms with Crippen molar-refractivity contribution in [2.45, 2.75) is 6.92 Å². The van der Waals surface area contributed by atoms with Gasteiger partial charge in [0.2, 0.25) is 0 Å². The molecule has 1 aromatic carbocycles. The van der Waals surface area contributed by atoms with Crippen molar-refractivity contribution in [1.82, 2.24) is 5.43 Å². The first-order valence-electron chi connectivity index (χ1n) is 4.02. The lowest BCUT2D eigenvalue weighted by Gasteiger charge is -2.06. The summed E-state index contributed by atoms with van der Waals surface area (Å²) in [5.41, 5.74) is 2.35. The van der Waals surface area contributed by atoms with E-state index in [1.807, 2.05) is 5.43 Å². The van der Waals surface area contributed by atoms with Gasteiger partial charge in [0.05, 0.1) is 0 Å². The van der Waals surface area contributed by atoms with Gasteiger partial charge in [-0.25, -0.2) is 10.2 Å². The van der Waals surface area contributed by atoms with E-state index >= 15 is 0 Å². The van der Waals surface area contributed by atoms with E-state index in [4.69, 9.17) is 10.6 Å². The first-order valence-corrected chi connectivity index (χ1v) is 4.02. The normalized spacial score (nSPS) is 9.64. The fraction of sp³-hybridized carbons (Fsp3) is 0.222. The van der Waals surface area contributed by atoms with Gasteiger partial charge in [-0.05, 0) is 18.6 Å². The number of aryl methyl sites for hydroxylation is 1. The molecule has 1 aromatic rings. The Morgan fingerprint density at radius 3 is 3.00 bits per heavy atom. The van der Waals surface area contributed by atoms with Gasteiger partial charge in [0, 0.05) is 0 Å². The predicted molar refractivity (Wildman–Crippen MR) is 49.0 cm³/mol. The lowest BCUT2D eigenvalue weighted by atomic mass is 10.2. The number of amides is 1. The summed E-state index contributed by atoms with van der Waals surface area (Å²) in [7, 11) is 0. The first kappa shape index (κ1) is 10.5. The number of nitrogens with two attached hydrogens (primary N) is 1. The van der Waals surface area contributed by atoms with Crippen LogP contribution in [0, 0.1) is 12.7 Å². The van der Waals surface area contributed by atoms with E-state index in [1.54, 1.807) is 19.1 Å². The molecule has 0 unspecified atom stereocenters. The van der Waals surface area contributed by atoms with Crippen LogP contribution in [0.4, 0.5) is 4.39 Å². The summed E-state index contributed by atoms with van der Waals surface area (Å²) < 4.78 is 18.2. The molecule has 0 heterocycles. The molecule has 14 heavy (non-hydrogen) atoms. The third-order valence-corrected chi connectivity index (χ3v) is 1.68. The van der Waals surface area contributed by atoms with E-state index in [1.165, 1.54) is 6.07 Å².